The van der Waals surface area contributed by atoms with Gasteiger partial charge in [0, 0.05) is 23.5 Å². The van der Waals surface area contributed by atoms with Crippen LogP contribution in [0.15, 0.2) is 30.5 Å². The largest absolute Gasteiger partial charge is 0.306 e. The van der Waals surface area contributed by atoms with Gasteiger partial charge in [-0.05, 0) is 50.1 Å². The van der Waals surface area contributed by atoms with Crippen molar-refractivity contribution < 1.29 is 8.78 Å². The van der Waals surface area contributed by atoms with Gasteiger partial charge in [0.2, 0.25) is 0 Å². The zero-order valence-electron chi connectivity index (χ0n) is 12.6. The van der Waals surface area contributed by atoms with Crippen molar-refractivity contribution in [3.05, 3.63) is 64.5 Å². The molecule has 0 aliphatic rings. The van der Waals surface area contributed by atoms with Crippen LogP contribution >= 0.6 is 0 Å². The van der Waals surface area contributed by atoms with Crippen molar-refractivity contribution in [2.45, 2.75) is 33.2 Å². The number of pyridine rings is 1. The predicted molar refractivity (Wildman–Crippen MR) is 80.2 cm³/mol. The van der Waals surface area contributed by atoms with Crippen molar-refractivity contribution in [1.82, 2.24) is 10.3 Å². The van der Waals surface area contributed by atoms with Crippen LogP contribution in [-0.4, -0.2) is 11.5 Å². The highest BCUT2D eigenvalue weighted by Crippen LogP contribution is 2.26. The van der Waals surface area contributed by atoms with E-state index >= 15 is 0 Å². The average Bonchev–Trinajstić information content (AvgIpc) is 2.46. The fourth-order valence-electron chi connectivity index (χ4n) is 2.25. The van der Waals surface area contributed by atoms with E-state index < -0.39 is 11.6 Å². The normalized spacial score (nSPS) is 12.4. The molecule has 1 aromatic carbocycles. The SMILES string of the molecule is CCCNC(c1ccc(C)nc1)c1cc(C)c(F)cc1F. The van der Waals surface area contributed by atoms with E-state index in [-0.39, 0.29) is 6.04 Å². The molecule has 0 fully saturated rings. The van der Waals surface area contributed by atoms with E-state index in [1.54, 1.807) is 19.2 Å². The number of aryl methyl sites for hydroxylation is 2. The number of aromatic nitrogens is 1. The Hall–Kier alpha value is -1.81. The molecule has 4 heteroatoms. The summed E-state index contributed by atoms with van der Waals surface area (Å²) in [6, 6.07) is 6.01. The third-order valence-corrected chi connectivity index (χ3v) is 3.45. The van der Waals surface area contributed by atoms with Crippen LogP contribution in [-0.2, 0) is 0 Å². The molecule has 0 amide bonds. The van der Waals surface area contributed by atoms with E-state index in [2.05, 4.69) is 10.3 Å². The van der Waals surface area contributed by atoms with Gasteiger partial charge < -0.3 is 5.32 Å². The summed E-state index contributed by atoms with van der Waals surface area (Å²) in [6.07, 6.45) is 2.67. The van der Waals surface area contributed by atoms with Crippen LogP contribution < -0.4 is 5.32 Å². The van der Waals surface area contributed by atoms with Crippen LogP contribution in [0.2, 0.25) is 0 Å². The summed E-state index contributed by atoms with van der Waals surface area (Å²) in [5.41, 5.74) is 2.67. The maximum absolute atomic E-state index is 14.2. The fourth-order valence-corrected chi connectivity index (χ4v) is 2.25. The Morgan fingerprint density at radius 2 is 1.90 bits per heavy atom. The van der Waals surface area contributed by atoms with Crippen LogP contribution in [0.5, 0.6) is 0 Å². The van der Waals surface area contributed by atoms with Gasteiger partial charge in [0.05, 0.1) is 6.04 Å². The number of benzene rings is 1. The lowest BCUT2D eigenvalue weighted by Crippen LogP contribution is -2.24. The molecule has 2 rings (SSSR count). The number of hydrogen-bond acceptors (Lipinski definition) is 2. The van der Waals surface area contributed by atoms with E-state index in [9.17, 15) is 8.78 Å². The van der Waals surface area contributed by atoms with Gasteiger partial charge in [0.25, 0.3) is 0 Å². The molecular weight excluding hydrogens is 270 g/mol. The van der Waals surface area contributed by atoms with Crippen molar-refractivity contribution in [3.8, 4) is 0 Å². The Bertz CT molecular complexity index is 609. The van der Waals surface area contributed by atoms with E-state index in [4.69, 9.17) is 0 Å². The van der Waals surface area contributed by atoms with Gasteiger partial charge in [-0.15, -0.1) is 0 Å². The molecule has 0 saturated heterocycles. The van der Waals surface area contributed by atoms with Gasteiger partial charge in [-0.2, -0.15) is 0 Å². The molecule has 0 bridgehead atoms. The van der Waals surface area contributed by atoms with Gasteiger partial charge in [-0.3, -0.25) is 4.98 Å². The third-order valence-electron chi connectivity index (χ3n) is 3.45. The topological polar surface area (TPSA) is 24.9 Å². The van der Waals surface area contributed by atoms with E-state index in [1.807, 2.05) is 26.0 Å². The lowest BCUT2D eigenvalue weighted by molar-refractivity contribution is 0.529. The molecule has 0 aliphatic heterocycles. The van der Waals surface area contributed by atoms with Crippen molar-refractivity contribution >= 4 is 0 Å². The van der Waals surface area contributed by atoms with E-state index in [1.165, 1.54) is 0 Å². The number of halogens is 2. The molecule has 2 aromatic rings. The summed E-state index contributed by atoms with van der Waals surface area (Å²) in [5, 5.41) is 3.31. The maximum Gasteiger partial charge on any atom is 0.131 e. The molecule has 1 atom stereocenters. The van der Waals surface area contributed by atoms with Gasteiger partial charge in [-0.1, -0.05) is 13.0 Å². The minimum atomic E-state index is -0.535. The van der Waals surface area contributed by atoms with Crippen molar-refractivity contribution in [3.63, 3.8) is 0 Å². The second kappa shape index (κ2) is 6.76. The maximum atomic E-state index is 14.2. The molecule has 0 saturated carbocycles. The third kappa shape index (κ3) is 3.64. The summed E-state index contributed by atoms with van der Waals surface area (Å²) < 4.78 is 27.6. The van der Waals surface area contributed by atoms with Gasteiger partial charge >= 0.3 is 0 Å². The minimum absolute atomic E-state index is 0.322. The first-order chi connectivity index (χ1) is 10.0. The highest BCUT2D eigenvalue weighted by Gasteiger charge is 2.19. The van der Waals surface area contributed by atoms with Crippen molar-refractivity contribution in [1.29, 1.82) is 0 Å². The monoisotopic (exact) mass is 290 g/mol. The first-order valence-electron chi connectivity index (χ1n) is 7.14. The molecule has 1 unspecified atom stereocenters. The first-order valence-corrected chi connectivity index (χ1v) is 7.14. The Morgan fingerprint density at radius 1 is 1.14 bits per heavy atom. The molecule has 1 heterocycles. The predicted octanol–water partition coefficient (Wildman–Crippen LogP) is 4.07. The average molecular weight is 290 g/mol. The number of nitrogens with zero attached hydrogens (tertiary/aromatic N) is 1. The zero-order valence-corrected chi connectivity index (χ0v) is 12.6. The molecule has 112 valence electrons. The molecule has 1 aromatic heterocycles. The molecule has 0 aliphatic carbocycles. The summed E-state index contributed by atoms with van der Waals surface area (Å²) in [5.74, 6) is -1.06. The van der Waals surface area contributed by atoms with E-state index in [0.717, 1.165) is 30.3 Å². The van der Waals surface area contributed by atoms with Gasteiger partial charge in [0.15, 0.2) is 0 Å². The molecule has 21 heavy (non-hydrogen) atoms. The van der Waals surface area contributed by atoms with Crippen molar-refractivity contribution in [2.75, 3.05) is 6.54 Å². The second-order valence-corrected chi connectivity index (χ2v) is 5.24. The Morgan fingerprint density at radius 3 is 2.52 bits per heavy atom. The summed E-state index contributed by atoms with van der Waals surface area (Å²) in [4.78, 5) is 4.27. The van der Waals surface area contributed by atoms with Crippen LogP contribution in [0, 0.1) is 25.5 Å². The molecule has 2 nitrogen and oxygen atoms in total. The lowest BCUT2D eigenvalue weighted by Gasteiger charge is -2.20. The van der Waals surface area contributed by atoms with Crippen LogP contribution in [0.4, 0.5) is 8.78 Å². The standard InChI is InChI=1S/C17H20F2N2/c1-4-7-20-17(13-6-5-12(3)21-10-13)14-8-11(2)15(18)9-16(14)19/h5-6,8-10,17,20H,4,7H2,1-3H3. The first kappa shape index (κ1) is 15.6. The number of nitrogens with one attached hydrogen (secondary N) is 1. The summed E-state index contributed by atoms with van der Waals surface area (Å²) in [7, 11) is 0. The van der Waals surface area contributed by atoms with Gasteiger partial charge in [-0.25, -0.2) is 8.78 Å². The number of rotatable bonds is 5. The van der Waals surface area contributed by atoms with Gasteiger partial charge in [0.1, 0.15) is 11.6 Å². The Labute approximate surface area is 124 Å². The van der Waals surface area contributed by atoms with Crippen LogP contribution in [0.25, 0.3) is 0 Å². The van der Waals surface area contributed by atoms with Crippen molar-refractivity contribution in [2.24, 2.45) is 0 Å². The summed E-state index contributed by atoms with van der Waals surface area (Å²) >= 11 is 0. The Kier molecular flexibility index (Phi) is 5.02. The zero-order chi connectivity index (χ0) is 15.4. The van der Waals surface area contributed by atoms with E-state index in [0.29, 0.717) is 11.1 Å². The van der Waals surface area contributed by atoms with Crippen LogP contribution in [0.1, 0.15) is 41.8 Å². The smallest absolute Gasteiger partial charge is 0.131 e. The fraction of sp³-hybridized carbons (Fsp3) is 0.353. The quantitative estimate of drug-likeness (QED) is 0.898. The number of hydrogen-bond donors (Lipinski definition) is 1. The highest BCUT2D eigenvalue weighted by atomic mass is 19.1. The Balaban J connectivity index is 2.45. The van der Waals surface area contributed by atoms with Crippen LogP contribution in [0.3, 0.4) is 0 Å². The molecular formula is C17H20F2N2. The summed E-state index contributed by atoms with van der Waals surface area (Å²) in [6.45, 7) is 6.33. The highest BCUT2D eigenvalue weighted by molar-refractivity contribution is 5.35. The lowest BCUT2D eigenvalue weighted by atomic mass is 9.97. The molecule has 1 N–H and O–H groups in total. The second-order valence-electron chi connectivity index (χ2n) is 5.24. The minimum Gasteiger partial charge on any atom is -0.306 e. The molecule has 0 spiro atoms. The molecule has 0 radical (unpaired) electrons.